The number of nitrogens with zero attached hydrogens (tertiary/aromatic N) is 5. The van der Waals surface area contributed by atoms with E-state index >= 15 is 4.39 Å². The van der Waals surface area contributed by atoms with E-state index in [4.69, 9.17) is 4.74 Å². The van der Waals surface area contributed by atoms with Gasteiger partial charge in [0.25, 0.3) is 0 Å². The molecule has 0 saturated carbocycles. The van der Waals surface area contributed by atoms with Gasteiger partial charge >= 0.3 is 6.01 Å². The largest absolute Gasteiger partial charge is 0.507 e. The summed E-state index contributed by atoms with van der Waals surface area (Å²) in [6.45, 7) is 6.75. The van der Waals surface area contributed by atoms with Gasteiger partial charge in [-0.15, -0.1) is 0 Å². The quantitative estimate of drug-likeness (QED) is 0.571. The first-order chi connectivity index (χ1) is 16.9. The first kappa shape index (κ1) is 23.6. The average molecular weight is 485 g/mol. The third kappa shape index (κ3) is 4.85. The van der Waals surface area contributed by atoms with Crippen molar-refractivity contribution in [3.05, 3.63) is 35.9 Å². The molecule has 8 nitrogen and oxygen atoms in total. The molecule has 0 radical (unpaired) electrons. The predicted molar refractivity (Wildman–Crippen MR) is 130 cm³/mol. The lowest BCUT2D eigenvalue weighted by Gasteiger charge is -2.35. The lowest BCUT2D eigenvalue weighted by Crippen LogP contribution is -2.50. The molecule has 5 rings (SSSR count). The molecule has 186 valence electrons. The molecule has 2 aliphatic rings. The van der Waals surface area contributed by atoms with Crippen LogP contribution in [0.25, 0.3) is 22.3 Å². The molecule has 0 spiro atoms. The summed E-state index contributed by atoms with van der Waals surface area (Å²) in [5.74, 6) is -1.01. The van der Waals surface area contributed by atoms with Gasteiger partial charge in [-0.2, -0.15) is 9.97 Å². The van der Waals surface area contributed by atoms with Crippen LogP contribution in [0.2, 0.25) is 0 Å². The molecule has 4 heterocycles. The fourth-order valence-corrected chi connectivity index (χ4v) is 4.96. The molecule has 0 amide bonds. The van der Waals surface area contributed by atoms with Crippen LogP contribution in [-0.2, 0) is 0 Å². The number of halogens is 2. The maximum atomic E-state index is 15.3. The van der Waals surface area contributed by atoms with Crippen molar-refractivity contribution in [2.45, 2.75) is 25.8 Å². The Morgan fingerprint density at radius 2 is 2.03 bits per heavy atom. The number of aromatic nitrogens is 3. The van der Waals surface area contributed by atoms with E-state index in [1.54, 1.807) is 0 Å². The normalized spacial score (nSPS) is 21.4. The Bertz CT molecular complexity index is 1210. The van der Waals surface area contributed by atoms with E-state index in [1.165, 1.54) is 18.2 Å². The highest BCUT2D eigenvalue weighted by Gasteiger charge is 2.26. The number of phenolic OH excluding ortho intramolecular Hbond substituents is 1. The topological polar surface area (TPSA) is 86.6 Å². The highest BCUT2D eigenvalue weighted by Crippen LogP contribution is 2.36. The zero-order valence-corrected chi connectivity index (χ0v) is 20.0. The summed E-state index contributed by atoms with van der Waals surface area (Å²) in [6, 6.07) is 5.35. The number of fused-ring (bicyclic) bond motifs is 1. The molecule has 0 bridgehead atoms. The van der Waals surface area contributed by atoms with Crippen LogP contribution in [0.4, 0.5) is 14.6 Å². The van der Waals surface area contributed by atoms with E-state index < -0.39 is 17.4 Å². The summed E-state index contributed by atoms with van der Waals surface area (Å²) in [5.41, 5.74) is -0.406. The first-order valence-electron chi connectivity index (χ1n) is 12.1. The fraction of sp³-hybridized carbons (Fsp3) is 0.480. The molecule has 2 aliphatic heterocycles. The Balaban J connectivity index is 1.58. The van der Waals surface area contributed by atoms with Gasteiger partial charge in [-0.1, -0.05) is 6.07 Å². The van der Waals surface area contributed by atoms with Crippen molar-refractivity contribution in [1.29, 1.82) is 0 Å². The summed E-state index contributed by atoms with van der Waals surface area (Å²) in [4.78, 5) is 17.9. The number of anilines is 1. The summed E-state index contributed by atoms with van der Waals surface area (Å²) in [5, 5.41) is 14.0. The minimum atomic E-state index is -0.765. The van der Waals surface area contributed by atoms with Gasteiger partial charge < -0.3 is 25.0 Å². The van der Waals surface area contributed by atoms with Gasteiger partial charge in [-0.3, -0.25) is 0 Å². The van der Waals surface area contributed by atoms with Crippen LogP contribution >= 0.6 is 0 Å². The number of nitrogens with one attached hydrogen (secondary N) is 1. The lowest BCUT2D eigenvalue weighted by atomic mass is 10.00. The van der Waals surface area contributed by atoms with Gasteiger partial charge in [0, 0.05) is 38.1 Å². The zero-order valence-electron chi connectivity index (χ0n) is 20.0. The highest BCUT2D eigenvalue weighted by molar-refractivity contribution is 5.90. The third-order valence-corrected chi connectivity index (χ3v) is 6.77. The number of phenols is 1. The number of hydrogen-bond acceptors (Lipinski definition) is 8. The number of benzene rings is 1. The third-order valence-electron chi connectivity index (χ3n) is 6.77. The van der Waals surface area contributed by atoms with E-state index in [1.807, 2.05) is 0 Å². The van der Waals surface area contributed by atoms with Crippen molar-refractivity contribution in [3.8, 4) is 23.0 Å². The first-order valence-corrected chi connectivity index (χ1v) is 12.1. The van der Waals surface area contributed by atoms with Crippen LogP contribution in [-0.4, -0.2) is 77.4 Å². The smallest absolute Gasteiger partial charge is 0.320 e. The Morgan fingerprint density at radius 3 is 2.80 bits per heavy atom. The molecule has 1 aromatic carbocycles. The fourth-order valence-electron chi connectivity index (χ4n) is 4.96. The van der Waals surface area contributed by atoms with Crippen molar-refractivity contribution in [3.63, 3.8) is 0 Å². The van der Waals surface area contributed by atoms with Gasteiger partial charge in [0.2, 0.25) is 0 Å². The van der Waals surface area contributed by atoms with Crippen molar-refractivity contribution in [1.82, 2.24) is 25.2 Å². The van der Waals surface area contributed by atoms with E-state index in [9.17, 15) is 9.50 Å². The van der Waals surface area contributed by atoms with Crippen molar-refractivity contribution in [2.75, 3.05) is 51.3 Å². The van der Waals surface area contributed by atoms with Crippen LogP contribution in [0, 0.1) is 17.6 Å². The van der Waals surface area contributed by atoms with Crippen LogP contribution in [0.5, 0.6) is 11.8 Å². The van der Waals surface area contributed by atoms with Crippen LogP contribution in [0.3, 0.4) is 0 Å². The molecule has 10 heteroatoms. The summed E-state index contributed by atoms with van der Waals surface area (Å²) >= 11 is 0. The number of rotatable bonds is 5. The summed E-state index contributed by atoms with van der Waals surface area (Å²) in [6.07, 6.45) is 2.18. The van der Waals surface area contributed by atoms with Crippen molar-refractivity contribution >= 4 is 16.9 Å². The minimum absolute atomic E-state index is 0.111. The molecule has 2 aromatic heterocycles. The molecular formula is C25H30F2N6O2. The highest BCUT2D eigenvalue weighted by atomic mass is 19.1. The number of aromatic hydroxyl groups is 1. The standard InChI is InChI=1S/C25H30F2N6O2/c1-15-12-28-8-10-33(15)24-17-11-19(27)22(21-18(26)6-3-7-20(21)34)29-23(17)30-25(31-24)35-14-16-5-4-9-32(2)13-16/h3,6-7,11,15-16,28,34H,4-5,8-10,12-14H2,1-2H3/t15-,16?/m1/s1. The number of piperidine rings is 1. The van der Waals surface area contributed by atoms with Crippen LogP contribution in [0.1, 0.15) is 19.8 Å². The minimum Gasteiger partial charge on any atom is -0.507 e. The lowest BCUT2D eigenvalue weighted by molar-refractivity contribution is 0.144. The molecule has 2 fully saturated rings. The Morgan fingerprint density at radius 1 is 1.17 bits per heavy atom. The molecule has 1 unspecified atom stereocenters. The molecular weight excluding hydrogens is 454 g/mol. The SMILES string of the molecule is C[C@@H]1CNCCN1c1nc(OCC2CCCN(C)C2)nc2nc(-c3c(O)cccc3F)c(F)cc12. The van der Waals surface area contributed by atoms with Gasteiger partial charge in [-0.25, -0.2) is 13.8 Å². The Hall–Kier alpha value is -3.11. The maximum Gasteiger partial charge on any atom is 0.320 e. The van der Waals surface area contributed by atoms with Crippen LogP contribution < -0.4 is 15.0 Å². The van der Waals surface area contributed by atoms with Gasteiger partial charge in [0.15, 0.2) is 11.5 Å². The van der Waals surface area contributed by atoms with Gasteiger partial charge in [0.05, 0.1) is 17.6 Å². The number of pyridine rings is 1. The second-order valence-corrected chi connectivity index (χ2v) is 9.48. The van der Waals surface area contributed by atoms with E-state index in [-0.39, 0.29) is 29.0 Å². The Kier molecular flexibility index (Phi) is 6.66. The predicted octanol–water partition coefficient (Wildman–Crippen LogP) is 3.19. The van der Waals surface area contributed by atoms with Gasteiger partial charge in [0.1, 0.15) is 23.1 Å². The zero-order chi connectivity index (χ0) is 24.5. The molecule has 2 N–H and O–H groups in total. The number of piperazine rings is 1. The summed E-state index contributed by atoms with van der Waals surface area (Å²) < 4.78 is 35.9. The van der Waals surface area contributed by atoms with Crippen LogP contribution in [0.15, 0.2) is 24.3 Å². The summed E-state index contributed by atoms with van der Waals surface area (Å²) in [7, 11) is 2.10. The number of hydrogen-bond donors (Lipinski definition) is 2. The second kappa shape index (κ2) is 9.87. The maximum absolute atomic E-state index is 15.3. The molecule has 0 aliphatic carbocycles. The Labute approximate surface area is 203 Å². The second-order valence-electron chi connectivity index (χ2n) is 9.48. The number of likely N-dealkylation sites (tertiary alicyclic amines) is 1. The molecule has 2 saturated heterocycles. The van der Waals surface area contributed by atoms with E-state index in [0.29, 0.717) is 30.3 Å². The molecule has 35 heavy (non-hydrogen) atoms. The monoisotopic (exact) mass is 484 g/mol. The average Bonchev–Trinajstić information content (AvgIpc) is 2.83. The van der Waals surface area contributed by atoms with E-state index in [0.717, 1.165) is 45.1 Å². The molecule has 3 aromatic rings. The molecule has 2 atom stereocenters. The van der Waals surface area contributed by atoms with Gasteiger partial charge in [-0.05, 0) is 51.6 Å². The van der Waals surface area contributed by atoms with E-state index in [2.05, 4.69) is 44.0 Å². The number of ether oxygens (including phenoxy) is 1. The van der Waals surface area contributed by atoms with Crippen molar-refractivity contribution in [2.24, 2.45) is 5.92 Å². The van der Waals surface area contributed by atoms with Crippen molar-refractivity contribution < 1.29 is 18.6 Å².